The molecular weight excluding hydrogens is 400 g/mol. The zero-order valence-electron chi connectivity index (χ0n) is 16.2. The van der Waals surface area contributed by atoms with Crippen molar-refractivity contribution in [3.63, 3.8) is 0 Å². The fourth-order valence-electron chi connectivity index (χ4n) is 3.40. The van der Waals surface area contributed by atoms with E-state index in [0.717, 1.165) is 6.42 Å². The maximum atomic E-state index is 12.7. The summed E-state index contributed by atoms with van der Waals surface area (Å²) in [6, 6.07) is 18.3. The quantitative estimate of drug-likeness (QED) is 0.368. The minimum Gasteiger partial charge on any atom is -0.454 e. The van der Waals surface area contributed by atoms with Gasteiger partial charge in [0.25, 0.3) is 5.91 Å². The first-order valence-corrected chi connectivity index (χ1v) is 10.5. The van der Waals surface area contributed by atoms with E-state index in [1.165, 1.54) is 4.88 Å². The van der Waals surface area contributed by atoms with Gasteiger partial charge in [-0.3, -0.25) is 14.4 Å². The van der Waals surface area contributed by atoms with Crippen LogP contribution in [0.2, 0.25) is 0 Å². The Kier molecular flexibility index (Phi) is 5.90. The van der Waals surface area contributed by atoms with Gasteiger partial charge in [0.2, 0.25) is 0 Å². The molecule has 0 radical (unpaired) electrons. The van der Waals surface area contributed by atoms with Gasteiger partial charge in [-0.2, -0.15) is 0 Å². The van der Waals surface area contributed by atoms with Crippen molar-refractivity contribution in [3.05, 3.63) is 81.1 Å². The van der Waals surface area contributed by atoms with Crippen LogP contribution in [0.5, 0.6) is 0 Å². The number of nitrogens with zero attached hydrogens (tertiary/aromatic N) is 1. The molecular formula is C23H20N2O4S. The highest BCUT2D eigenvalue weighted by Gasteiger charge is 2.14. The summed E-state index contributed by atoms with van der Waals surface area (Å²) in [6.07, 6.45) is 0.743. The van der Waals surface area contributed by atoms with Crippen molar-refractivity contribution in [2.75, 3.05) is 13.2 Å². The monoisotopic (exact) mass is 420 g/mol. The molecule has 2 heterocycles. The Bertz CT molecular complexity index is 1200. The molecule has 1 N–H and O–H groups in total. The number of hydrogen-bond donors (Lipinski definition) is 1. The summed E-state index contributed by atoms with van der Waals surface area (Å²) in [6.45, 7) is 0.0645. The van der Waals surface area contributed by atoms with Crippen molar-refractivity contribution in [1.29, 1.82) is 0 Å². The molecule has 0 aliphatic heterocycles. The Balaban J connectivity index is 1.44. The molecule has 2 aromatic carbocycles. The van der Waals surface area contributed by atoms with Crippen molar-refractivity contribution < 1.29 is 14.3 Å². The zero-order valence-corrected chi connectivity index (χ0v) is 17.0. The van der Waals surface area contributed by atoms with Gasteiger partial charge < -0.3 is 14.6 Å². The molecule has 0 spiro atoms. The summed E-state index contributed by atoms with van der Waals surface area (Å²) in [5.74, 6) is -0.878. The van der Waals surface area contributed by atoms with E-state index >= 15 is 0 Å². The Morgan fingerprint density at radius 3 is 2.23 bits per heavy atom. The van der Waals surface area contributed by atoms with Crippen molar-refractivity contribution in [3.8, 4) is 0 Å². The second-order valence-electron chi connectivity index (χ2n) is 6.79. The third-order valence-electron chi connectivity index (χ3n) is 4.80. The molecule has 4 aromatic rings. The van der Waals surface area contributed by atoms with Gasteiger partial charge in [-0.25, -0.2) is 0 Å². The van der Waals surface area contributed by atoms with Crippen LogP contribution in [0.4, 0.5) is 0 Å². The number of fused-ring (bicyclic) bond motifs is 2. The van der Waals surface area contributed by atoms with Crippen LogP contribution in [-0.2, 0) is 27.3 Å². The van der Waals surface area contributed by atoms with Gasteiger partial charge in [0.1, 0.15) is 6.54 Å². The molecule has 0 aliphatic rings. The fourth-order valence-corrected chi connectivity index (χ4v) is 4.11. The van der Waals surface area contributed by atoms with Crippen molar-refractivity contribution in [2.24, 2.45) is 0 Å². The van der Waals surface area contributed by atoms with Gasteiger partial charge in [-0.15, -0.1) is 11.3 Å². The molecule has 0 fully saturated rings. The van der Waals surface area contributed by atoms with Gasteiger partial charge in [0.05, 0.1) is 11.0 Å². The van der Waals surface area contributed by atoms with E-state index < -0.39 is 5.97 Å². The predicted molar refractivity (Wildman–Crippen MR) is 118 cm³/mol. The second kappa shape index (κ2) is 8.92. The Morgan fingerprint density at radius 2 is 1.60 bits per heavy atom. The first-order chi connectivity index (χ1) is 14.6. The van der Waals surface area contributed by atoms with Gasteiger partial charge in [0, 0.05) is 22.2 Å². The summed E-state index contributed by atoms with van der Waals surface area (Å²) >= 11 is 1.64. The van der Waals surface area contributed by atoms with Gasteiger partial charge >= 0.3 is 5.97 Å². The Labute approximate surface area is 176 Å². The molecule has 0 bridgehead atoms. The fraction of sp³-hybridized carbons (Fsp3) is 0.174. The van der Waals surface area contributed by atoms with Crippen LogP contribution in [0.3, 0.4) is 0 Å². The number of rotatable bonds is 7. The highest BCUT2D eigenvalue weighted by molar-refractivity contribution is 7.09. The number of carbonyl (C=O) groups is 2. The SMILES string of the molecule is O=C(COC(=O)Cn1c2ccccc2c(=O)c2ccccc21)NCCc1cccs1. The molecule has 7 heteroatoms. The van der Waals surface area contributed by atoms with E-state index in [4.69, 9.17) is 4.74 Å². The third kappa shape index (κ3) is 4.26. The number of para-hydroxylation sites is 2. The lowest BCUT2D eigenvalue weighted by Gasteiger charge is -2.14. The summed E-state index contributed by atoms with van der Waals surface area (Å²) in [5, 5.41) is 5.81. The normalized spacial score (nSPS) is 10.9. The number of hydrogen-bond acceptors (Lipinski definition) is 5. The topological polar surface area (TPSA) is 77.4 Å². The maximum absolute atomic E-state index is 12.7. The van der Waals surface area contributed by atoms with Crippen LogP contribution in [0.1, 0.15) is 4.88 Å². The predicted octanol–water partition coefficient (Wildman–Crippen LogP) is 3.12. The number of esters is 1. The van der Waals surface area contributed by atoms with Crippen LogP contribution in [0.25, 0.3) is 21.8 Å². The summed E-state index contributed by atoms with van der Waals surface area (Å²) < 4.78 is 6.93. The van der Waals surface area contributed by atoms with Gasteiger partial charge in [-0.05, 0) is 42.1 Å². The average molecular weight is 420 g/mol. The minimum absolute atomic E-state index is 0.0732. The van der Waals surface area contributed by atoms with Crippen LogP contribution < -0.4 is 10.7 Å². The van der Waals surface area contributed by atoms with E-state index in [1.54, 1.807) is 52.3 Å². The van der Waals surface area contributed by atoms with Crippen molar-refractivity contribution >= 4 is 45.0 Å². The van der Waals surface area contributed by atoms with Crippen molar-refractivity contribution in [2.45, 2.75) is 13.0 Å². The number of thiophene rings is 1. The van der Waals surface area contributed by atoms with Gasteiger partial charge in [0.15, 0.2) is 12.0 Å². The molecule has 6 nitrogen and oxygen atoms in total. The van der Waals surface area contributed by atoms with Crippen LogP contribution in [-0.4, -0.2) is 29.6 Å². The average Bonchev–Trinajstić information content (AvgIpc) is 3.29. The van der Waals surface area contributed by atoms with E-state index in [-0.39, 0.29) is 24.5 Å². The number of pyridine rings is 1. The third-order valence-corrected chi connectivity index (χ3v) is 5.74. The van der Waals surface area contributed by atoms with Crippen molar-refractivity contribution in [1.82, 2.24) is 9.88 Å². The minimum atomic E-state index is -0.539. The molecule has 0 saturated heterocycles. The number of benzene rings is 2. The standard InChI is InChI=1S/C23H20N2O4S/c26-21(24-12-11-16-6-5-13-30-16)15-29-22(27)14-25-19-9-3-1-7-17(19)23(28)18-8-2-4-10-20(18)25/h1-10,13H,11-12,14-15H2,(H,24,26). The van der Waals surface area contributed by atoms with E-state index in [0.29, 0.717) is 28.4 Å². The molecule has 0 aliphatic carbocycles. The Hall–Kier alpha value is -3.45. The highest BCUT2D eigenvalue weighted by Crippen LogP contribution is 2.19. The molecule has 4 rings (SSSR count). The largest absolute Gasteiger partial charge is 0.454 e. The van der Waals surface area contributed by atoms with E-state index in [1.807, 2.05) is 29.6 Å². The van der Waals surface area contributed by atoms with Crippen LogP contribution in [0, 0.1) is 0 Å². The highest BCUT2D eigenvalue weighted by atomic mass is 32.1. The molecule has 0 saturated carbocycles. The lowest BCUT2D eigenvalue weighted by atomic mass is 10.1. The molecule has 0 atom stereocenters. The molecule has 152 valence electrons. The summed E-state index contributed by atoms with van der Waals surface area (Å²) in [4.78, 5) is 38.3. The zero-order chi connectivity index (χ0) is 20.9. The molecule has 30 heavy (non-hydrogen) atoms. The molecule has 2 aromatic heterocycles. The van der Waals surface area contributed by atoms with Crippen LogP contribution in [0.15, 0.2) is 70.8 Å². The van der Waals surface area contributed by atoms with Gasteiger partial charge in [-0.1, -0.05) is 30.3 Å². The number of ether oxygens (including phenoxy) is 1. The number of aromatic nitrogens is 1. The summed E-state index contributed by atoms with van der Waals surface area (Å²) in [7, 11) is 0. The lowest BCUT2D eigenvalue weighted by molar-refractivity contribution is -0.149. The number of nitrogens with one attached hydrogen (secondary N) is 1. The molecule has 0 unspecified atom stereocenters. The smallest absolute Gasteiger partial charge is 0.326 e. The van der Waals surface area contributed by atoms with E-state index in [9.17, 15) is 14.4 Å². The molecule has 1 amide bonds. The number of carbonyl (C=O) groups excluding carboxylic acids is 2. The van der Waals surface area contributed by atoms with Crippen LogP contribution >= 0.6 is 11.3 Å². The first kappa shape index (κ1) is 19.8. The lowest BCUT2D eigenvalue weighted by Crippen LogP contribution is -2.31. The number of amides is 1. The van der Waals surface area contributed by atoms with E-state index in [2.05, 4.69) is 5.32 Å². The second-order valence-corrected chi connectivity index (χ2v) is 7.82. The first-order valence-electron chi connectivity index (χ1n) is 9.58. The summed E-state index contributed by atoms with van der Waals surface area (Å²) in [5.41, 5.74) is 1.23. The maximum Gasteiger partial charge on any atom is 0.326 e. The Morgan fingerprint density at radius 1 is 0.933 bits per heavy atom.